The fourth-order valence-corrected chi connectivity index (χ4v) is 1.50. The number of nitrogens with two attached hydrogens (primary N) is 1. The number of hydrogen-bond acceptors (Lipinski definition) is 3. The molecule has 0 aromatic carbocycles. The molecule has 80 valence electrons. The van der Waals surface area contributed by atoms with Crippen LogP contribution in [0.2, 0.25) is 0 Å². The molecule has 0 amide bonds. The summed E-state index contributed by atoms with van der Waals surface area (Å²) >= 11 is 0. The molecular weight excluding hydrogens is 195 g/mol. The third-order valence-electron chi connectivity index (χ3n) is 2.32. The lowest BCUT2D eigenvalue weighted by atomic mass is 10.0. The molecule has 0 aliphatic heterocycles. The van der Waals surface area contributed by atoms with Gasteiger partial charge in [-0.3, -0.25) is 0 Å². The Labute approximate surface area is 87.5 Å². The van der Waals surface area contributed by atoms with Crippen LogP contribution in [-0.2, 0) is 6.42 Å². The molecule has 0 saturated carbocycles. The van der Waals surface area contributed by atoms with Gasteiger partial charge in [-0.15, -0.1) is 0 Å². The van der Waals surface area contributed by atoms with Gasteiger partial charge in [0.1, 0.15) is 11.6 Å². The Kier molecular flexibility index (Phi) is 2.97. The largest absolute Gasteiger partial charge is 0.441 e. The van der Waals surface area contributed by atoms with Crippen molar-refractivity contribution in [2.75, 3.05) is 6.54 Å². The number of allylic oxidation sites excluding steroid dienone is 4. The van der Waals surface area contributed by atoms with Crippen LogP contribution in [0.5, 0.6) is 0 Å². The first kappa shape index (κ1) is 10.1. The molecule has 4 heteroatoms. The normalized spacial score (nSPS) is 16.1. The molecule has 0 atom stereocenters. The average molecular weight is 208 g/mol. The summed E-state index contributed by atoms with van der Waals surface area (Å²) in [6.07, 6.45) is 6.62. The molecule has 0 radical (unpaired) electrons. The number of halogens is 1. The van der Waals surface area contributed by atoms with Crippen LogP contribution in [-0.4, -0.2) is 11.5 Å². The minimum absolute atomic E-state index is 0.0903. The van der Waals surface area contributed by atoms with Crippen LogP contribution < -0.4 is 5.73 Å². The van der Waals surface area contributed by atoms with Crippen LogP contribution in [0.4, 0.5) is 4.39 Å². The lowest BCUT2D eigenvalue weighted by Crippen LogP contribution is -2.01. The Balaban J connectivity index is 2.16. The third kappa shape index (κ3) is 2.33. The zero-order valence-corrected chi connectivity index (χ0v) is 8.37. The first-order valence-electron chi connectivity index (χ1n) is 5.00. The van der Waals surface area contributed by atoms with Gasteiger partial charge < -0.3 is 10.2 Å². The van der Waals surface area contributed by atoms with E-state index in [0.29, 0.717) is 31.7 Å². The Bertz CT molecular complexity index is 406. The van der Waals surface area contributed by atoms with E-state index in [1.54, 1.807) is 12.3 Å². The smallest absolute Gasteiger partial charge is 0.222 e. The molecule has 0 fully saturated rings. The number of nitrogens with zero attached hydrogens (tertiary/aromatic N) is 1. The van der Waals surface area contributed by atoms with E-state index >= 15 is 0 Å². The van der Waals surface area contributed by atoms with E-state index in [-0.39, 0.29) is 5.83 Å². The topological polar surface area (TPSA) is 52.0 Å². The quantitative estimate of drug-likeness (QED) is 0.828. The Hall–Kier alpha value is -1.42. The number of hydrogen-bond donors (Lipinski definition) is 1. The molecule has 1 aliphatic carbocycles. The van der Waals surface area contributed by atoms with Gasteiger partial charge >= 0.3 is 0 Å². The van der Waals surface area contributed by atoms with Gasteiger partial charge in [0.2, 0.25) is 5.89 Å². The number of aromatic nitrogens is 1. The van der Waals surface area contributed by atoms with Gasteiger partial charge in [0.25, 0.3) is 0 Å². The standard InChI is InChI=1S/C11H13FN2O/c12-9-3-1-8(2-4-9)11-14-7-10(15-11)5-6-13/h1,3,7H,2,4-6,13H2. The van der Waals surface area contributed by atoms with E-state index in [1.807, 2.05) is 0 Å². The molecule has 1 aromatic rings. The highest BCUT2D eigenvalue weighted by atomic mass is 19.1. The van der Waals surface area contributed by atoms with E-state index in [0.717, 1.165) is 11.3 Å². The van der Waals surface area contributed by atoms with E-state index in [2.05, 4.69) is 4.98 Å². The molecular formula is C11H13FN2O. The lowest BCUT2D eigenvalue weighted by Gasteiger charge is -2.05. The molecule has 3 nitrogen and oxygen atoms in total. The molecule has 15 heavy (non-hydrogen) atoms. The Morgan fingerprint density at radius 1 is 1.40 bits per heavy atom. The van der Waals surface area contributed by atoms with Crippen molar-refractivity contribution in [3.8, 4) is 0 Å². The first-order valence-corrected chi connectivity index (χ1v) is 5.00. The van der Waals surface area contributed by atoms with Crippen LogP contribution in [0, 0.1) is 0 Å². The van der Waals surface area contributed by atoms with Crippen molar-refractivity contribution >= 4 is 5.57 Å². The molecule has 1 aromatic heterocycles. The minimum atomic E-state index is -0.0903. The summed E-state index contributed by atoms with van der Waals surface area (Å²) in [5.41, 5.74) is 6.35. The van der Waals surface area contributed by atoms with Crippen LogP contribution in [0.15, 0.2) is 28.6 Å². The van der Waals surface area contributed by atoms with Crippen molar-refractivity contribution in [3.63, 3.8) is 0 Å². The van der Waals surface area contributed by atoms with Crippen molar-refractivity contribution in [2.24, 2.45) is 5.73 Å². The molecule has 1 heterocycles. The highest BCUT2D eigenvalue weighted by Crippen LogP contribution is 2.26. The molecule has 0 bridgehead atoms. The summed E-state index contributed by atoms with van der Waals surface area (Å²) in [4.78, 5) is 4.14. The monoisotopic (exact) mass is 208 g/mol. The molecule has 0 unspecified atom stereocenters. The van der Waals surface area contributed by atoms with Crippen LogP contribution >= 0.6 is 0 Å². The summed E-state index contributed by atoms with van der Waals surface area (Å²) < 4.78 is 18.2. The Morgan fingerprint density at radius 3 is 2.93 bits per heavy atom. The summed E-state index contributed by atoms with van der Waals surface area (Å²) in [7, 11) is 0. The van der Waals surface area contributed by atoms with Crippen molar-refractivity contribution in [2.45, 2.75) is 19.3 Å². The maximum Gasteiger partial charge on any atom is 0.222 e. The van der Waals surface area contributed by atoms with E-state index in [1.165, 1.54) is 6.08 Å². The number of oxazole rings is 1. The average Bonchev–Trinajstić information content (AvgIpc) is 2.68. The van der Waals surface area contributed by atoms with Gasteiger partial charge in [-0.1, -0.05) is 6.08 Å². The summed E-state index contributed by atoms with van der Waals surface area (Å²) in [5.74, 6) is 1.28. The van der Waals surface area contributed by atoms with Gasteiger partial charge in [-0.05, 0) is 19.0 Å². The SMILES string of the molecule is NCCc1cnc(C2=CC=C(F)CC2)o1. The molecule has 2 N–H and O–H groups in total. The predicted octanol–water partition coefficient (Wildman–Crippen LogP) is 2.21. The van der Waals surface area contributed by atoms with Crippen molar-refractivity contribution in [3.05, 3.63) is 35.8 Å². The fourth-order valence-electron chi connectivity index (χ4n) is 1.50. The van der Waals surface area contributed by atoms with Crippen LogP contribution in [0.3, 0.4) is 0 Å². The first-order chi connectivity index (χ1) is 7.29. The second kappa shape index (κ2) is 4.40. The van der Waals surface area contributed by atoms with Gasteiger partial charge in [0, 0.05) is 18.4 Å². The van der Waals surface area contributed by atoms with Crippen molar-refractivity contribution in [1.82, 2.24) is 4.98 Å². The van der Waals surface area contributed by atoms with E-state index in [4.69, 9.17) is 10.2 Å². The summed E-state index contributed by atoms with van der Waals surface area (Å²) in [6.45, 7) is 0.544. The van der Waals surface area contributed by atoms with E-state index in [9.17, 15) is 4.39 Å². The van der Waals surface area contributed by atoms with Crippen LogP contribution in [0.1, 0.15) is 24.5 Å². The molecule has 2 rings (SSSR count). The lowest BCUT2D eigenvalue weighted by molar-refractivity contribution is 0.488. The zero-order valence-electron chi connectivity index (χ0n) is 8.37. The van der Waals surface area contributed by atoms with E-state index < -0.39 is 0 Å². The highest BCUT2D eigenvalue weighted by Gasteiger charge is 2.12. The second-order valence-corrected chi connectivity index (χ2v) is 3.48. The summed E-state index contributed by atoms with van der Waals surface area (Å²) in [5, 5.41) is 0. The maximum absolute atomic E-state index is 12.7. The summed E-state index contributed by atoms with van der Waals surface area (Å²) in [6, 6.07) is 0. The van der Waals surface area contributed by atoms with Gasteiger partial charge in [0.05, 0.1) is 6.20 Å². The van der Waals surface area contributed by atoms with Gasteiger partial charge in [-0.2, -0.15) is 0 Å². The zero-order chi connectivity index (χ0) is 10.7. The fraction of sp³-hybridized carbons (Fsp3) is 0.364. The molecule has 1 aliphatic rings. The van der Waals surface area contributed by atoms with Gasteiger partial charge in [-0.25, -0.2) is 9.37 Å². The predicted molar refractivity (Wildman–Crippen MR) is 55.7 cm³/mol. The van der Waals surface area contributed by atoms with Crippen LogP contribution in [0.25, 0.3) is 5.57 Å². The van der Waals surface area contributed by atoms with Crippen molar-refractivity contribution < 1.29 is 8.81 Å². The van der Waals surface area contributed by atoms with Crippen molar-refractivity contribution in [1.29, 1.82) is 0 Å². The molecule has 0 spiro atoms. The minimum Gasteiger partial charge on any atom is -0.441 e. The maximum atomic E-state index is 12.7. The number of rotatable bonds is 3. The second-order valence-electron chi connectivity index (χ2n) is 3.48. The van der Waals surface area contributed by atoms with Gasteiger partial charge in [0.15, 0.2) is 0 Å². The third-order valence-corrected chi connectivity index (χ3v) is 2.32. The highest BCUT2D eigenvalue weighted by molar-refractivity contribution is 5.62. The molecule has 0 saturated heterocycles. The Morgan fingerprint density at radius 2 is 2.27 bits per heavy atom.